The molecule has 2 N–H and O–H groups in total. The fourth-order valence-corrected chi connectivity index (χ4v) is 2.33. The molecule has 1 rings (SSSR count). The minimum atomic E-state index is 0. The topological polar surface area (TPSA) is 58.1 Å². The van der Waals surface area contributed by atoms with Crippen molar-refractivity contribution >= 4 is 35.6 Å². The van der Waals surface area contributed by atoms with Crippen LogP contribution in [0.25, 0.3) is 0 Å². The summed E-state index contributed by atoms with van der Waals surface area (Å²) in [5.74, 6) is 0.793. The Kier molecular flexibility index (Phi) is 16.4. The van der Waals surface area contributed by atoms with Crippen molar-refractivity contribution in [3.63, 3.8) is 0 Å². The monoisotopic (exact) mass is 492 g/mol. The third-order valence-electron chi connectivity index (χ3n) is 4.17. The van der Waals surface area contributed by atoms with Crippen molar-refractivity contribution in [2.75, 3.05) is 58.5 Å². The molecule has 0 aliphatic rings. The Morgan fingerprint density at radius 2 is 1.74 bits per heavy atom. The minimum absolute atomic E-state index is 0. The summed E-state index contributed by atoms with van der Waals surface area (Å²) in [4.78, 5) is 6.51. The highest BCUT2D eigenvalue weighted by atomic mass is 127. The summed E-state index contributed by atoms with van der Waals surface area (Å²) in [6, 6.07) is 10.7. The number of hydrogen-bond donors (Lipinski definition) is 2. The van der Waals surface area contributed by atoms with E-state index in [0.717, 1.165) is 38.5 Å². The van der Waals surface area contributed by atoms with Gasteiger partial charge in [-0.05, 0) is 25.5 Å². The van der Waals surface area contributed by atoms with Gasteiger partial charge in [-0.1, -0.05) is 31.5 Å². The minimum Gasteiger partial charge on any atom is -0.379 e. The number of ether oxygens (including phenoxy) is 2. The molecule has 0 amide bonds. The van der Waals surface area contributed by atoms with Gasteiger partial charge in [0.25, 0.3) is 0 Å². The summed E-state index contributed by atoms with van der Waals surface area (Å²) < 4.78 is 11.0. The molecule has 6 nitrogen and oxygen atoms in total. The first-order valence-corrected chi connectivity index (χ1v) is 9.57. The van der Waals surface area contributed by atoms with E-state index in [9.17, 15) is 0 Å². The van der Waals surface area contributed by atoms with E-state index in [1.54, 1.807) is 7.05 Å². The molecule has 0 heterocycles. The molecule has 0 radical (unpaired) electrons. The number of nitrogens with zero attached hydrogens (tertiary/aromatic N) is 2. The lowest BCUT2D eigenvalue weighted by molar-refractivity contribution is 0.0487. The van der Waals surface area contributed by atoms with Crippen LogP contribution in [-0.4, -0.2) is 65.6 Å². The van der Waals surface area contributed by atoms with Crippen LogP contribution >= 0.6 is 24.0 Å². The average Bonchev–Trinajstić information content (AvgIpc) is 2.68. The molecule has 0 aromatic heterocycles. The number of benzene rings is 1. The van der Waals surface area contributed by atoms with Crippen LogP contribution in [0.5, 0.6) is 0 Å². The molecule has 1 atom stereocenters. The van der Waals surface area contributed by atoms with Crippen LogP contribution < -0.4 is 15.5 Å². The Hall–Kier alpha value is -1.06. The van der Waals surface area contributed by atoms with Crippen molar-refractivity contribution in [1.82, 2.24) is 10.6 Å². The number of hydrogen-bond acceptors (Lipinski definition) is 4. The number of nitrogens with one attached hydrogen (secondary N) is 2. The van der Waals surface area contributed by atoms with Gasteiger partial charge in [0.05, 0.1) is 19.8 Å². The van der Waals surface area contributed by atoms with Gasteiger partial charge in [0.15, 0.2) is 5.96 Å². The Morgan fingerprint density at radius 3 is 2.37 bits per heavy atom. The quantitative estimate of drug-likeness (QED) is 0.192. The summed E-state index contributed by atoms with van der Waals surface area (Å²) in [5.41, 5.74) is 1.21. The zero-order valence-corrected chi connectivity index (χ0v) is 19.6. The smallest absolute Gasteiger partial charge is 0.191 e. The molecule has 1 aromatic carbocycles. The largest absolute Gasteiger partial charge is 0.379 e. The van der Waals surface area contributed by atoms with Crippen LogP contribution in [0.2, 0.25) is 0 Å². The van der Waals surface area contributed by atoms with Crippen LogP contribution in [-0.2, 0) is 9.47 Å². The van der Waals surface area contributed by atoms with Gasteiger partial charge < -0.3 is 25.0 Å². The van der Waals surface area contributed by atoms with E-state index in [-0.39, 0.29) is 24.0 Å². The average molecular weight is 492 g/mol. The standard InChI is InChI=1S/C20H36N4O2.HI/c1-5-6-13-25-15-16-26-14-12-22-20(21-3)23-17-18(2)24(4)19-10-8-7-9-11-19;/h7-11,18H,5-6,12-17H2,1-4H3,(H2,21,22,23);1H. The molecule has 0 aliphatic carbocycles. The van der Waals surface area contributed by atoms with E-state index >= 15 is 0 Å². The van der Waals surface area contributed by atoms with Crippen LogP contribution in [0.15, 0.2) is 35.3 Å². The van der Waals surface area contributed by atoms with Crippen LogP contribution in [0, 0.1) is 0 Å². The van der Waals surface area contributed by atoms with E-state index in [0.29, 0.717) is 25.9 Å². The highest BCUT2D eigenvalue weighted by molar-refractivity contribution is 14.0. The second-order valence-electron chi connectivity index (χ2n) is 6.25. The maximum atomic E-state index is 5.55. The molecule has 1 aromatic rings. The summed E-state index contributed by atoms with van der Waals surface area (Å²) in [6.07, 6.45) is 2.28. The van der Waals surface area contributed by atoms with E-state index in [2.05, 4.69) is 65.7 Å². The number of anilines is 1. The number of para-hydroxylation sites is 1. The van der Waals surface area contributed by atoms with Crippen molar-refractivity contribution in [3.05, 3.63) is 30.3 Å². The normalized spacial score (nSPS) is 12.2. The van der Waals surface area contributed by atoms with Crippen molar-refractivity contribution in [3.8, 4) is 0 Å². The van der Waals surface area contributed by atoms with E-state index < -0.39 is 0 Å². The molecule has 0 aliphatic heterocycles. The molecule has 156 valence electrons. The maximum absolute atomic E-state index is 5.55. The highest BCUT2D eigenvalue weighted by Gasteiger charge is 2.10. The Bertz CT molecular complexity index is 488. The molecule has 27 heavy (non-hydrogen) atoms. The van der Waals surface area contributed by atoms with E-state index in [1.807, 2.05) is 6.07 Å². The molecule has 0 saturated carbocycles. The molecule has 7 heteroatoms. The first-order chi connectivity index (χ1) is 12.7. The number of rotatable bonds is 13. The Balaban J connectivity index is 0.00000676. The molecule has 0 fully saturated rings. The number of guanidine groups is 1. The predicted molar refractivity (Wildman–Crippen MR) is 126 cm³/mol. The SMILES string of the molecule is CCCCOCCOCCNC(=NC)NCC(C)N(C)c1ccccc1.I. The summed E-state index contributed by atoms with van der Waals surface area (Å²) in [7, 11) is 3.89. The summed E-state index contributed by atoms with van der Waals surface area (Å²) in [5, 5.41) is 6.63. The van der Waals surface area contributed by atoms with Crippen LogP contribution in [0.3, 0.4) is 0 Å². The Labute approximate surface area is 182 Å². The molecular weight excluding hydrogens is 455 g/mol. The summed E-state index contributed by atoms with van der Waals surface area (Å²) >= 11 is 0. The van der Waals surface area contributed by atoms with Gasteiger partial charge in [0.1, 0.15) is 0 Å². The molecule has 0 spiro atoms. The second kappa shape index (κ2) is 17.1. The maximum Gasteiger partial charge on any atom is 0.191 e. The van der Waals surface area contributed by atoms with Crippen molar-refractivity contribution in [2.24, 2.45) is 4.99 Å². The van der Waals surface area contributed by atoms with Gasteiger partial charge in [-0.3, -0.25) is 4.99 Å². The van der Waals surface area contributed by atoms with E-state index in [1.165, 1.54) is 5.69 Å². The van der Waals surface area contributed by atoms with Gasteiger partial charge in [0.2, 0.25) is 0 Å². The molecule has 1 unspecified atom stereocenters. The van der Waals surface area contributed by atoms with Crippen LogP contribution in [0.4, 0.5) is 5.69 Å². The lowest BCUT2D eigenvalue weighted by Gasteiger charge is -2.27. The summed E-state index contributed by atoms with van der Waals surface area (Å²) in [6.45, 7) is 8.63. The van der Waals surface area contributed by atoms with Gasteiger partial charge in [-0.2, -0.15) is 0 Å². The number of likely N-dealkylation sites (N-methyl/N-ethyl adjacent to an activating group) is 1. The first kappa shape index (κ1) is 25.9. The zero-order valence-electron chi connectivity index (χ0n) is 17.2. The zero-order chi connectivity index (χ0) is 19.0. The van der Waals surface area contributed by atoms with Crippen LogP contribution in [0.1, 0.15) is 26.7 Å². The molecule has 0 saturated heterocycles. The lowest BCUT2D eigenvalue weighted by Crippen LogP contribution is -2.45. The Morgan fingerprint density at radius 1 is 1.07 bits per heavy atom. The molecular formula is C20H37IN4O2. The molecule has 0 bridgehead atoms. The fraction of sp³-hybridized carbons (Fsp3) is 0.650. The number of aliphatic imine (C=N–C) groups is 1. The van der Waals surface area contributed by atoms with Gasteiger partial charge in [0, 0.05) is 45.5 Å². The van der Waals surface area contributed by atoms with Gasteiger partial charge in [-0.15, -0.1) is 24.0 Å². The van der Waals surface area contributed by atoms with Gasteiger partial charge in [-0.25, -0.2) is 0 Å². The van der Waals surface area contributed by atoms with Gasteiger partial charge >= 0.3 is 0 Å². The van der Waals surface area contributed by atoms with Crippen molar-refractivity contribution in [2.45, 2.75) is 32.7 Å². The lowest BCUT2D eigenvalue weighted by atomic mass is 10.2. The first-order valence-electron chi connectivity index (χ1n) is 9.57. The third-order valence-corrected chi connectivity index (χ3v) is 4.17. The van der Waals surface area contributed by atoms with E-state index in [4.69, 9.17) is 9.47 Å². The third kappa shape index (κ3) is 12.1. The highest BCUT2D eigenvalue weighted by Crippen LogP contribution is 2.13. The predicted octanol–water partition coefficient (Wildman–Crippen LogP) is 3.13. The second-order valence-corrected chi connectivity index (χ2v) is 6.25. The van der Waals surface area contributed by atoms with Crippen molar-refractivity contribution < 1.29 is 9.47 Å². The number of unbranched alkanes of at least 4 members (excludes halogenated alkanes) is 1. The fourth-order valence-electron chi connectivity index (χ4n) is 2.33. The van der Waals surface area contributed by atoms with Crippen molar-refractivity contribution in [1.29, 1.82) is 0 Å². The number of halogens is 1.